The molecule has 0 fully saturated rings. The first-order valence-corrected chi connectivity index (χ1v) is 8.04. The third-order valence-corrected chi connectivity index (χ3v) is 3.86. The van der Waals surface area contributed by atoms with Crippen molar-refractivity contribution in [2.75, 3.05) is 13.7 Å². The number of nitriles is 2. The highest BCUT2D eigenvalue weighted by Gasteiger charge is 2.11. The molecule has 5 heteroatoms. The summed E-state index contributed by atoms with van der Waals surface area (Å²) in [7, 11) is 1.57. The molecule has 0 radical (unpaired) electrons. The molecule has 0 aromatic heterocycles. The molecule has 120 valence electrons. The summed E-state index contributed by atoms with van der Waals surface area (Å²) >= 11 is 3.47. The molecule has 2 rings (SSSR count). The molecule has 0 aliphatic heterocycles. The molecular weight excluding hydrogens is 368 g/mol. The smallest absolute Gasteiger partial charge is 0.175 e. The fraction of sp³-hybridized carbons (Fsp3) is 0.158. The van der Waals surface area contributed by atoms with Crippen molar-refractivity contribution in [1.82, 2.24) is 0 Å². The van der Waals surface area contributed by atoms with E-state index >= 15 is 0 Å². The van der Waals surface area contributed by atoms with E-state index in [4.69, 9.17) is 14.7 Å². The first-order valence-electron chi connectivity index (χ1n) is 7.25. The first-order chi connectivity index (χ1) is 11.6. The molecule has 0 aliphatic rings. The average Bonchev–Trinajstić information content (AvgIpc) is 2.61. The van der Waals surface area contributed by atoms with E-state index in [2.05, 4.69) is 28.1 Å². The lowest BCUT2D eigenvalue weighted by Gasteiger charge is -2.12. The van der Waals surface area contributed by atoms with E-state index in [0.29, 0.717) is 34.8 Å². The molecule has 2 aromatic carbocycles. The zero-order valence-electron chi connectivity index (χ0n) is 13.3. The molecule has 0 bridgehead atoms. The second-order valence-corrected chi connectivity index (χ2v) is 5.68. The van der Waals surface area contributed by atoms with Gasteiger partial charge in [-0.2, -0.15) is 10.5 Å². The van der Waals surface area contributed by atoms with E-state index in [9.17, 15) is 5.26 Å². The lowest BCUT2D eigenvalue weighted by Crippen LogP contribution is -1.97. The van der Waals surface area contributed by atoms with Gasteiger partial charge in [0.05, 0.1) is 41.5 Å². The monoisotopic (exact) mass is 382 g/mol. The summed E-state index contributed by atoms with van der Waals surface area (Å²) in [5.74, 6) is 1.21. The van der Waals surface area contributed by atoms with Crippen molar-refractivity contribution in [2.24, 2.45) is 0 Å². The molecular formula is C19H15BrN2O2. The normalized spacial score (nSPS) is 10.6. The van der Waals surface area contributed by atoms with Crippen molar-refractivity contribution in [1.29, 1.82) is 10.5 Å². The Bertz CT molecular complexity index is 861. The first kappa shape index (κ1) is 17.6. The van der Waals surface area contributed by atoms with Crippen molar-refractivity contribution < 1.29 is 9.47 Å². The van der Waals surface area contributed by atoms with Gasteiger partial charge in [-0.3, -0.25) is 0 Å². The van der Waals surface area contributed by atoms with Gasteiger partial charge in [0, 0.05) is 0 Å². The molecule has 0 saturated carbocycles. The van der Waals surface area contributed by atoms with Gasteiger partial charge in [0.25, 0.3) is 0 Å². The number of methoxy groups -OCH3 is 1. The van der Waals surface area contributed by atoms with Crippen LogP contribution in [-0.4, -0.2) is 13.7 Å². The van der Waals surface area contributed by atoms with Gasteiger partial charge < -0.3 is 9.47 Å². The summed E-state index contributed by atoms with van der Waals surface area (Å²) in [6, 6.07) is 14.9. The summed E-state index contributed by atoms with van der Waals surface area (Å²) in [5.41, 5.74) is 2.46. The van der Waals surface area contributed by atoms with Crippen LogP contribution in [0.4, 0.5) is 0 Å². The lowest BCUT2D eigenvalue weighted by atomic mass is 10.0. The second-order valence-electron chi connectivity index (χ2n) is 4.83. The predicted molar refractivity (Wildman–Crippen MR) is 96.5 cm³/mol. The number of rotatable bonds is 5. The Balaban J connectivity index is 2.50. The average molecular weight is 383 g/mol. The molecule has 24 heavy (non-hydrogen) atoms. The highest BCUT2D eigenvalue weighted by molar-refractivity contribution is 9.10. The minimum atomic E-state index is 0.463. The summed E-state index contributed by atoms with van der Waals surface area (Å²) in [4.78, 5) is 0. The molecule has 4 nitrogen and oxygen atoms in total. The highest BCUT2D eigenvalue weighted by atomic mass is 79.9. The molecule has 0 saturated heterocycles. The maximum atomic E-state index is 9.47. The fourth-order valence-corrected chi connectivity index (χ4v) is 2.78. The topological polar surface area (TPSA) is 66.0 Å². The maximum absolute atomic E-state index is 9.47. The van der Waals surface area contributed by atoms with Gasteiger partial charge in [0.2, 0.25) is 0 Å². The number of hydrogen-bond donors (Lipinski definition) is 0. The Morgan fingerprint density at radius 1 is 1.25 bits per heavy atom. The van der Waals surface area contributed by atoms with E-state index in [0.717, 1.165) is 10.0 Å². The Kier molecular flexibility index (Phi) is 6.01. The summed E-state index contributed by atoms with van der Waals surface area (Å²) < 4.78 is 11.7. The number of allylic oxidation sites excluding steroid dienone is 1. The second kappa shape index (κ2) is 8.19. The van der Waals surface area contributed by atoms with Crippen LogP contribution >= 0.6 is 15.9 Å². The van der Waals surface area contributed by atoms with Crippen molar-refractivity contribution in [2.45, 2.75) is 6.92 Å². The number of benzene rings is 2. The van der Waals surface area contributed by atoms with Crippen LogP contribution in [0.2, 0.25) is 0 Å². The van der Waals surface area contributed by atoms with Crippen LogP contribution in [0.3, 0.4) is 0 Å². The summed E-state index contributed by atoms with van der Waals surface area (Å²) in [6.07, 6.45) is 1.75. The van der Waals surface area contributed by atoms with E-state index in [1.807, 2.05) is 13.0 Å². The highest BCUT2D eigenvalue weighted by Crippen LogP contribution is 2.37. The van der Waals surface area contributed by atoms with Crippen LogP contribution in [0.25, 0.3) is 11.6 Å². The third kappa shape index (κ3) is 3.95. The zero-order chi connectivity index (χ0) is 17.5. The van der Waals surface area contributed by atoms with Crippen LogP contribution in [0, 0.1) is 22.7 Å². The SMILES string of the molecule is CCOc1c(Br)cc(/C=C(\C#N)c2cccc(C#N)c2)cc1OC. The van der Waals surface area contributed by atoms with Gasteiger partial charge in [0.1, 0.15) is 0 Å². The van der Waals surface area contributed by atoms with E-state index in [1.165, 1.54) is 0 Å². The van der Waals surface area contributed by atoms with E-state index in [-0.39, 0.29) is 0 Å². The maximum Gasteiger partial charge on any atom is 0.175 e. The Morgan fingerprint density at radius 3 is 2.67 bits per heavy atom. The van der Waals surface area contributed by atoms with Gasteiger partial charge in [0.15, 0.2) is 11.5 Å². The predicted octanol–water partition coefficient (Wildman–Crippen LogP) is 4.79. The van der Waals surface area contributed by atoms with Crippen LogP contribution in [-0.2, 0) is 0 Å². The van der Waals surface area contributed by atoms with Crippen molar-refractivity contribution in [3.63, 3.8) is 0 Å². The molecule has 0 N–H and O–H groups in total. The quantitative estimate of drug-likeness (QED) is 0.550. The van der Waals surface area contributed by atoms with Crippen molar-refractivity contribution in [3.8, 4) is 23.6 Å². The molecule has 0 atom stereocenters. The minimum absolute atomic E-state index is 0.463. The molecule has 0 spiro atoms. The zero-order valence-corrected chi connectivity index (χ0v) is 14.9. The van der Waals surface area contributed by atoms with Gasteiger partial charge in [-0.15, -0.1) is 0 Å². The number of ether oxygens (including phenoxy) is 2. The van der Waals surface area contributed by atoms with Gasteiger partial charge in [-0.1, -0.05) is 12.1 Å². The van der Waals surface area contributed by atoms with E-state index < -0.39 is 0 Å². The Hall–Kier alpha value is -2.76. The largest absolute Gasteiger partial charge is 0.493 e. The van der Waals surface area contributed by atoms with Crippen molar-refractivity contribution in [3.05, 3.63) is 57.6 Å². The van der Waals surface area contributed by atoms with Gasteiger partial charge in [-0.05, 0) is 64.3 Å². The summed E-state index contributed by atoms with van der Waals surface area (Å²) in [6.45, 7) is 2.42. The fourth-order valence-electron chi connectivity index (χ4n) is 2.21. The lowest BCUT2D eigenvalue weighted by molar-refractivity contribution is 0.309. The third-order valence-electron chi connectivity index (χ3n) is 3.27. The number of hydrogen-bond acceptors (Lipinski definition) is 4. The van der Waals surface area contributed by atoms with E-state index in [1.54, 1.807) is 43.5 Å². The molecule has 0 amide bonds. The summed E-state index contributed by atoms with van der Waals surface area (Å²) in [5, 5.41) is 18.5. The molecule has 2 aromatic rings. The molecule has 0 heterocycles. The van der Waals surface area contributed by atoms with Gasteiger partial charge in [-0.25, -0.2) is 0 Å². The Morgan fingerprint density at radius 2 is 2.04 bits per heavy atom. The van der Waals surface area contributed by atoms with Crippen LogP contribution < -0.4 is 9.47 Å². The minimum Gasteiger partial charge on any atom is -0.493 e. The molecule has 0 unspecified atom stereocenters. The van der Waals surface area contributed by atoms with Gasteiger partial charge >= 0.3 is 0 Å². The van der Waals surface area contributed by atoms with Crippen LogP contribution in [0.5, 0.6) is 11.5 Å². The standard InChI is InChI=1S/C19H15BrN2O2/c1-3-24-19-17(20)9-14(10-18(19)23-2)8-16(12-22)15-6-4-5-13(7-15)11-21/h4-10H,3H2,1-2H3/b16-8+. The van der Waals surface area contributed by atoms with Crippen molar-refractivity contribution >= 4 is 27.6 Å². The Labute approximate surface area is 149 Å². The molecule has 0 aliphatic carbocycles. The van der Waals surface area contributed by atoms with Crippen LogP contribution in [0.1, 0.15) is 23.6 Å². The number of nitrogens with zero attached hydrogens (tertiary/aromatic N) is 2. The van der Waals surface area contributed by atoms with Crippen LogP contribution in [0.15, 0.2) is 40.9 Å². The number of halogens is 1.